The van der Waals surface area contributed by atoms with Crippen LogP contribution in [0.2, 0.25) is 0 Å². The Kier molecular flexibility index (Phi) is 59.9. The predicted molar refractivity (Wildman–Crippen MR) is 341 cm³/mol. The first kappa shape index (κ1) is 72.1. The summed E-state index contributed by atoms with van der Waals surface area (Å²) in [5, 5.41) is 0. The second kappa shape index (κ2) is 62.3. The van der Waals surface area contributed by atoms with Crippen LogP contribution in [0.3, 0.4) is 0 Å². The molecule has 0 unspecified atom stereocenters. The molecular weight excluding hydrogens is 905 g/mol. The van der Waals surface area contributed by atoms with Crippen molar-refractivity contribution in [1.29, 1.82) is 0 Å². The van der Waals surface area contributed by atoms with Crippen molar-refractivity contribution in [1.82, 2.24) is 9.97 Å². The van der Waals surface area contributed by atoms with Gasteiger partial charge in [0, 0.05) is 17.8 Å². The van der Waals surface area contributed by atoms with E-state index in [1.165, 1.54) is 403 Å². The maximum atomic E-state index is 5.33. The highest BCUT2D eigenvalue weighted by molar-refractivity contribution is 5.27. The minimum absolute atomic E-state index is 0.899. The lowest BCUT2D eigenvalue weighted by molar-refractivity contribution is 0.520. The maximum absolute atomic E-state index is 5.33. The molecule has 0 aliphatic carbocycles. The van der Waals surface area contributed by atoms with Crippen LogP contribution in [0.15, 0.2) is 0 Å². The van der Waals surface area contributed by atoms with E-state index in [-0.39, 0.29) is 0 Å². The van der Waals surface area contributed by atoms with E-state index in [0.29, 0.717) is 0 Å². The molecule has 0 aliphatic heterocycles. The molecule has 0 aliphatic rings. The fraction of sp³-hybridized carbons (Fsp3) is 0.932. The fourth-order valence-electron chi connectivity index (χ4n) is 12.3. The number of hydrogen-bond donors (Lipinski definition) is 0. The van der Waals surface area contributed by atoms with Crippen molar-refractivity contribution in [2.75, 3.05) is 0 Å². The first-order valence-electron chi connectivity index (χ1n) is 35.9. The molecule has 1 rings (SSSR count). The van der Waals surface area contributed by atoms with Gasteiger partial charge in [0.1, 0.15) is 5.82 Å². The van der Waals surface area contributed by atoms with Crippen molar-refractivity contribution in [2.45, 2.75) is 438 Å². The summed E-state index contributed by atoms with van der Waals surface area (Å²) in [6.07, 6.45) is 91.8. The van der Waals surface area contributed by atoms with Crippen LogP contribution in [0.5, 0.6) is 0 Å². The Hall–Kier alpha value is -0.920. The smallest absolute Gasteiger partial charge is 0.128 e. The Labute approximate surface area is 475 Å². The summed E-state index contributed by atoms with van der Waals surface area (Å²) in [7, 11) is 0. The van der Waals surface area contributed by atoms with E-state index in [4.69, 9.17) is 9.97 Å². The van der Waals surface area contributed by atoms with Crippen LogP contribution in [0.25, 0.3) is 0 Å². The molecule has 1 heterocycles. The molecule has 0 aromatic carbocycles. The highest BCUT2D eigenvalue weighted by Gasteiger charge is 2.15. The van der Waals surface area contributed by atoms with Crippen LogP contribution in [-0.2, 0) is 25.7 Å². The van der Waals surface area contributed by atoms with Crippen LogP contribution in [0.4, 0.5) is 0 Å². The third-order valence-corrected chi connectivity index (χ3v) is 17.4. The zero-order chi connectivity index (χ0) is 53.7. The summed E-state index contributed by atoms with van der Waals surface area (Å²) in [6, 6.07) is 0. The van der Waals surface area contributed by atoms with Crippen molar-refractivity contribution in [3.8, 4) is 0 Å². The van der Waals surface area contributed by atoms with E-state index in [2.05, 4.69) is 27.7 Å². The standard InChI is InChI=1S/C73H141N2/c1-5-9-12-15-18-21-24-27-30-33-36-39-42-45-48-51-54-57-60-63-67-70-71(68-64-61-58-55-52-49-46-43-40-37-34-31-28-25-22-19-16-13-10-6-2)74-73(66-8-4)75-72(70)69-65-62-59-56-53-50-47-44-41-38-35-32-29-26-23-20-17-14-11-7-3/h4-69H2,1-3H3. The van der Waals surface area contributed by atoms with Gasteiger partial charge in [0.05, 0.1) is 0 Å². The van der Waals surface area contributed by atoms with Crippen molar-refractivity contribution in [3.05, 3.63) is 29.7 Å². The Balaban J connectivity index is 2.41. The summed E-state index contributed by atoms with van der Waals surface area (Å²) >= 11 is 0. The summed E-state index contributed by atoms with van der Waals surface area (Å²) in [4.78, 5) is 10.7. The SMILES string of the molecule is [CH2]CCc1nc(CCCCCCCCCCCCCCCCCCCCCC)c(CCCCCCCCCCCCCCCCCCCCCC)c(CCCCCCCCCCCCCCCCCCCCCC)n1. The van der Waals surface area contributed by atoms with E-state index in [0.717, 1.165) is 31.5 Å². The molecule has 0 spiro atoms. The van der Waals surface area contributed by atoms with Gasteiger partial charge >= 0.3 is 0 Å². The van der Waals surface area contributed by atoms with E-state index in [9.17, 15) is 0 Å². The van der Waals surface area contributed by atoms with Gasteiger partial charge in [-0.2, -0.15) is 0 Å². The molecule has 2 heteroatoms. The highest BCUT2D eigenvalue weighted by atomic mass is 14.9. The monoisotopic (exact) mass is 1050 g/mol. The number of hydrogen-bond acceptors (Lipinski definition) is 2. The molecule has 1 aromatic heterocycles. The second-order valence-electron chi connectivity index (χ2n) is 25.0. The summed E-state index contributed by atoms with van der Waals surface area (Å²) in [5.41, 5.74) is 4.43. The van der Waals surface area contributed by atoms with E-state index >= 15 is 0 Å². The van der Waals surface area contributed by atoms with Crippen LogP contribution in [0, 0.1) is 6.92 Å². The fourth-order valence-corrected chi connectivity index (χ4v) is 12.3. The van der Waals surface area contributed by atoms with Gasteiger partial charge in [-0.3, -0.25) is 0 Å². The third kappa shape index (κ3) is 52.2. The number of rotatable bonds is 65. The third-order valence-electron chi connectivity index (χ3n) is 17.4. The van der Waals surface area contributed by atoms with Gasteiger partial charge in [0.2, 0.25) is 0 Å². The molecular formula is C73H141N2. The van der Waals surface area contributed by atoms with E-state index in [1.54, 1.807) is 5.56 Å². The van der Waals surface area contributed by atoms with Crippen molar-refractivity contribution >= 4 is 0 Å². The van der Waals surface area contributed by atoms with Crippen molar-refractivity contribution in [2.24, 2.45) is 0 Å². The van der Waals surface area contributed by atoms with Gasteiger partial charge < -0.3 is 0 Å². The Morgan fingerprint density at radius 3 is 0.533 bits per heavy atom. The van der Waals surface area contributed by atoms with Gasteiger partial charge in [-0.1, -0.05) is 394 Å². The average molecular weight is 1050 g/mol. The van der Waals surface area contributed by atoms with E-state index in [1.807, 2.05) is 0 Å². The maximum Gasteiger partial charge on any atom is 0.128 e. The van der Waals surface area contributed by atoms with Crippen LogP contribution >= 0.6 is 0 Å². The molecule has 75 heavy (non-hydrogen) atoms. The van der Waals surface area contributed by atoms with Crippen LogP contribution in [-0.4, -0.2) is 9.97 Å². The van der Waals surface area contributed by atoms with Crippen LogP contribution < -0.4 is 0 Å². The molecule has 1 radical (unpaired) electrons. The number of aryl methyl sites for hydroxylation is 3. The number of unbranched alkanes of at least 4 members (excludes halogenated alkanes) is 57. The lowest BCUT2D eigenvalue weighted by Gasteiger charge is -2.16. The first-order valence-corrected chi connectivity index (χ1v) is 35.9. The van der Waals surface area contributed by atoms with Gasteiger partial charge in [-0.15, -0.1) is 0 Å². The van der Waals surface area contributed by atoms with E-state index < -0.39 is 0 Å². The zero-order valence-corrected chi connectivity index (χ0v) is 52.6. The van der Waals surface area contributed by atoms with Crippen LogP contribution in [0.1, 0.15) is 435 Å². The topological polar surface area (TPSA) is 25.8 Å². The molecule has 443 valence electrons. The number of nitrogens with zero attached hydrogens (tertiary/aromatic N) is 2. The summed E-state index contributed by atoms with van der Waals surface area (Å²) in [5.74, 6) is 1.09. The highest BCUT2D eigenvalue weighted by Crippen LogP contribution is 2.24. The molecule has 0 amide bonds. The molecule has 0 saturated heterocycles. The van der Waals surface area contributed by atoms with Gasteiger partial charge in [0.15, 0.2) is 0 Å². The minimum atomic E-state index is 0.899. The summed E-state index contributed by atoms with van der Waals surface area (Å²) < 4.78 is 0. The molecule has 0 N–H and O–H groups in total. The molecule has 0 fully saturated rings. The Bertz CT molecular complexity index is 1140. The molecule has 1 aromatic rings. The van der Waals surface area contributed by atoms with Crippen molar-refractivity contribution < 1.29 is 0 Å². The van der Waals surface area contributed by atoms with Gasteiger partial charge in [0.25, 0.3) is 0 Å². The Morgan fingerprint density at radius 2 is 0.360 bits per heavy atom. The summed E-state index contributed by atoms with van der Waals surface area (Å²) in [6.45, 7) is 11.2. The lowest BCUT2D eigenvalue weighted by Crippen LogP contribution is -2.11. The Morgan fingerprint density at radius 1 is 0.200 bits per heavy atom. The number of aromatic nitrogens is 2. The van der Waals surface area contributed by atoms with Gasteiger partial charge in [-0.05, 0) is 50.5 Å². The minimum Gasteiger partial charge on any atom is -0.238 e. The normalized spacial score (nSPS) is 11.7. The lowest BCUT2D eigenvalue weighted by atomic mass is 9.96. The second-order valence-corrected chi connectivity index (χ2v) is 25.0. The predicted octanol–water partition coefficient (Wildman–Crippen LogP) is 26.3. The first-order chi connectivity index (χ1) is 37.3. The van der Waals surface area contributed by atoms with Gasteiger partial charge in [-0.25, -0.2) is 9.97 Å². The zero-order valence-electron chi connectivity index (χ0n) is 52.6. The molecule has 2 nitrogen and oxygen atoms in total. The molecule has 0 atom stereocenters. The largest absolute Gasteiger partial charge is 0.238 e. The molecule has 0 bridgehead atoms. The molecule has 0 saturated carbocycles. The quantitative estimate of drug-likeness (QED) is 0.0608. The van der Waals surface area contributed by atoms with Crippen molar-refractivity contribution in [3.63, 3.8) is 0 Å². The average Bonchev–Trinajstić information content (AvgIpc) is 3.41.